The van der Waals surface area contributed by atoms with Crippen LogP contribution >= 0.6 is 7.26 Å². The highest BCUT2D eigenvalue weighted by atomic mass is 79.9. The van der Waals surface area contributed by atoms with Crippen LogP contribution in [0.25, 0.3) is 11.1 Å². The van der Waals surface area contributed by atoms with Gasteiger partial charge in [0.05, 0.1) is 6.16 Å². The van der Waals surface area contributed by atoms with Gasteiger partial charge in [-0.15, -0.1) is 0 Å². The predicted molar refractivity (Wildman–Crippen MR) is 152 cm³/mol. The average Bonchev–Trinajstić information content (AvgIpc) is 2.93. The van der Waals surface area contributed by atoms with Crippen molar-refractivity contribution in [2.45, 2.75) is 13.3 Å². The molecule has 0 N–H and O–H groups in total. The molecule has 3 heteroatoms. The van der Waals surface area contributed by atoms with Crippen molar-refractivity contribution < 1.29 is 21.7 Å². The van der Waals surface area contributed by atoms with Crippen LogP contribution in [0.15, 0.2) is 140 Å². The highest BCUT2D eigenvalue weighted by Gasteiger charge is 2.45. The highest BCUT2D eigenvalue weighted by Crippen LogP contribution is 2.57. The van der Waals surface area contributed by atoms with Gasteiger partial charge in [0, 0.05) is 5.56 Å². The summed E-state index contributed by atoms with van der Waals surface area (Å²) in [6.07, 6.45) is 2.24. The maximum Gasteiger partial charge on any atom is 0.128 e. The van der Waals surface area contributed by atoms with E-state index < -0.39 is 7.26 Å². The monoisotopic (exact) mass is 552 g/mol. The molecule has 0 amide bonds. The molecule has 0 bridgehead atoms. The Morgan fingerprint density at radius 1 is 0.556 bits per heavy atom. The molecule has 0 saturated carbocycles. The van der Waals surface area contributed by atoms with Crippen molar-refractivity contribution in [1.82, 2.24) is 0 Å². The van der Waals surface area contributed by atoms with Crippen LogP contribution in [-0.2, 0) is 0 Å². The van der Waals surface area contributed by atoms with Gasteiger partial charge in [-0.1, -0.05) is 91.9 Å². The van der Waals surface area contributed by atoms with Crippen LogP contribution in [0.4, 0.5) is 0 Å². The molecule has 0 unspecified atom stereocenters. The molecule has 180 valence electrons. The van der Waals surface area contributed by atoms with Crippen molar-refractivity contribution in [3.8, 4) is 22.6 Å². The van der Waals surface area contributed by atoms with E-state index in [1.165, 1.54) is 27.0 Å². The highest BCUT2D eigenvalue weighted by molar-refractivity contribution is 7.95. The molecule has 0 radical (unpaired) electrons. The normalized spacial score (nSPS) is 10.9. The minimum atomic E-state index is -1.88. The molecule has 36 heavy (non-hydrogen) atoms. The van der Waals surface area contributed by atoms with E-state index in [-0.39, 0.29) is 17.0 Å². The molecule has 5 aromatic carbocycles. The van der Waals surface area contributed by atoms with Crippen molar-refractivity contribution in [1.29, 1.82) is 0 Å². The molecule has 0 atom stereocenters. The fourth-order valence-electron chi connectivity index (χ4n) is 4.91. The summed E-state index contributed by atoms with van der Waals surface area (Å²) in [5, 5.41) is 4.28. The van der Waals surface area contributed by atoms with Crippen LogP contribution in [0.1, 0.15) is 13.3 Å². The second kappa shape index (κ2) is 12.2. The van der Waals surface area contributed by atoms with Crippen molar-refractivity contribution in [2.24, 2.45) is 0 Å². The van der Waals surface area contributed by atoms with E-state index >= 15 is 0 Å². The Kier molecular flexibility index (Phi) is 8.75. The van der Waals surface area contributed by atoms with Gasteiger partial charge in [0.1, 0.15) is 34.7 Å². The van der Waals surface area contributed by atoms with Crippen LogP contribution in [0.2, 0.25) is 0 Å². The van der Waals surface area contributed by atoms with Gasteiger partial charge in [0.25, 0.3) is 0 Å². The van der Waals surface area contributed by atoms with Crippen LogP contribution in [0, 0.1) is 0 Å². The molecule has 0 saturated heterocycles. The van der Waals surface area contributed by atoms with E-state index in [1.807, 2.05) is 36.4 Å². The van der Waals surface area contributed by atoms with Gasteiger partial charge in [-0.2, -0.15) is 0 Å². The lowest BCUT2D eigenvalue weighted by molar-refractivity contribution is -0.00000732. The minimum absolute atomic E-state index is 0. The molecule has 5 rings (SSSR count). The largest absolute Gasteiger partial charge is 1.00 e. The van der Waals surface area contributed by atoms with Gasteiger partial charge in [0.2, 0.25) is 0 Å². The number of hydrogen-bond acceptors (Lipinski definition) is 1. The first-order valence-electron chi connectivity index (χ1n) is 12.2. The van der Waals surface area contributed by atoms with Crippen LogP contribution in [-0.4, -0.2) is 6.16 Å². The number of ether oxygens (including phenoxy) is 1. The van der Waals surface area contributed by atoms with Crippen molar-refractivity contribution in [2.75, 3.05) is 6.16 Å². The first-order chi connectivity index (χ1) is 17.3. The smallest absolute Gasteiger partial charge is 0.128 e. The fourth-order valence-corrected chi connectivity index (χ4v) is 9.51. The third kappa shape index (κ3) is 5.31. The first kappa shape index (κ1) is 25.9. The minimum Gasteiger partial charge on any atom is -1.00 e. The summed E-state index contributed by atoms with van der Waals surface area (Å²) in [6.45, 7) is 2.30. The van der Waals surface area contributed by atoms with Gasteiger partial charge in [-0.05, 0) is 66.6 Å². The zero-order chi connectivity index (χ0) is 23.9. The zero-order valence-electron chi connectivity index (χ0n) is 20.4. The van der Waals surface area contributed by atoms with Gasteiger partial charge in [0.15, 0.2) is 0 Å². The lowest BCUT2D eigenvalue weighted by Gasteiger charge is -2.29. The number of halogens is 1. The lowest BCUT2D eigenvalue weighted by Crippen LogP contribution is -3.00. The van der Waals surface area contributed by atoms with Gasteiger partial charge < -0.3 is 21.7 Å². The summed E-state index contributed by atoms with van der Waals surface area (Å²) in [5.41, 5.74) is 2.46. The number of benzene rings is 5. The molecule has 5 aromatic rings. The SMILES string of the molecule is CCC[P+](c1ccccc1)(c1ccccc1)c1ccccc1-c1cccc(Oc2ccccc2)c1.[Br-]. The predicted octanol–water partition coefficient (Wildman–Crippen LogP) is 4.85. The Bertz CT molecular complexity index is 1330. The zero-order valence-corrected chi connectivity index (χ0v) is 22.9. The van der Waals surface area contributed by atoms with Crippen LogP contribution in [0.5, 0.6) is 11.5 Å². The van der Waals surface area contributed by atoms with E-state index in [0.29, 0.717) is 0 Å². The number of para-hydroxylation sites is 1. The van der Waals surface area contributed by atoms with E-state index in [9.17, 15) is 0 Å². The van der Waals surface area contributed by atoms with Gasteiger partial charge in [-0.3, -0.25) is 0 Å². The van der Waals surface area contributed by atoms with Crippen LogP contribution < -0.4 is 37.6 Å². The van der Waals surface area contributed by atoms with E-state index in [2.05, 4.69) is 110 Å². The van der Waals surface area contributed by atoms with Crippen LogP contribution in [0.3, 0.4) is 0 Å². The second-order valence-electron chi connectivity index (χ2n) is 8.66. The van der Waals surface area contributed by atoms with Crippen molar-refractivity contribution in [3.05, 3.63) is 140 Å². The molecular weight excluding hydrogens is 523 g/mol. The average molecular weight is 553 g/mol. The van der Waals surface area contributed by atoms with E-state index in [0.717, 1.165) is 24.1 Å². The number of rotatable bonds is 8. The third-order valence-electron chi connectivity index (χ3n) is 6.39. The molecule has 0 aromatic heterocycles. The molecular formula is C33H30BrOP. The molecule has 0 aliphatic rings. The van der Waals surface area contributed by atoms with Gasteiger partial charge in [-0.25, -0.2) is 0 Å². The molecule has 0 aliphatic carbocycles. The summed E-state index contributed by atoms with van der Waals surface area (Å²) in [4.78, 5) is 0. The quantitative estimate of drug-likeness (QED) is 0.250. The Morgan fingerprint density at radius 3 is 1.69 bits per heavy atom. The van der Waals surface area contributed by atoms with E-state index in [4.69, 9.17) is 4.74 Å². The molecule has 1 nitrogen and oxygen atoms in total. The maximum absolute atomic E-state index is 6.19. The third-order valence-corrected chi connectivity index (χ3v) is 11.1. The molecule has 0 spiro atoms. The first-order valence-corrected chi connectivity index (χ1v) is 14.2. The fraction of sp³-hybridized carbons (Fsp3) is 0.0909. The maximum atomic E-state index is 6.19. The Balaban J connectivity index is 0.00000304. The summed E-state index contributed by atoms with van der Waals surface area (Å²) in [7, 11) is -1.88. The summed E-state index contributed by atoms with van der Waals surface area (Å²) < 4.78 is 6.19. The number of hydrogen-bond donors (Lipinski definition) is 0. The topological polar surface area (TPSA) is 9.23 Å². The molecule has 0 fully saturated rings. The summed E-state index contributed by atoms with van der Waals surface area (Å²) in [6, 6.07) is 49.7. The van der Waals surface area contributed by atoms with Crippen molar-refractivity contribution in [3.63, 3.8) is 0 Å². The van der Waals surface area contributed by atoms with E-state index in [1.54, 1.807) is 0 Å². The van der Waals surface area contributed by atoms with Crippen molar-refractivity contribution >= 4 is 23.2 Å². The summed E-state index contributed by atoms with van der Waals surface area (Å²) >= 11 is 0. The Labute approximate surface area is 225 Å². The second-order valence-corrected chi connectivity index (χ2v) is 12.2. The standard InChI is InChI=1S/C33H30OP.BrH/c1-2-25-35(30-19-8-4-9-20-30,31-21-10-5-11-22-31)33-24-13-12-23-32(33)27-15-14-18-29(26-27)34-28-16-6-3-7-17-28;/h3-24,26H,2,25H2,1H3;1H/q+1;/p-1. The molecule has 0 aliphatic heterocycles. The molecule has 0 heterocycles. The lowest BCUT2D eigenvalue weighted by atomic mass is 10.1. The Morgan fingerprint density at radius 2 is 1.08 bits per heavy atom. The summed E-state index contributed by atoms with van der Waals surface area (Å²) in [5.74, 6) is 1.70. The Hall–Kier alpha value is -3.19. The van der Waals surface area contributed by atoms with Gasteiger partial charge >= 0.3 is 0 Å².